The summed E-state index contributed by atoms with van der Waals surface area (Å²) in [5.74, 6) is 1.58. The molecule has 2 heteroatoms. The first-order valence-electron chi connectivity index (χ1n) is 7.37. The van der Waals surface area contributed by atoms with Crippen LogP contribution in [-0.2, 0) is 4.74 Å². The van der Waals surface area contributed by atoms with E-state index in [1.165, 1.54) is 19.3 Å². The molecule has 2 nitrogen and oxygen atoms in total. The Labute approximate surface area is 107 Å². The lowest BCUT2D eigenvalue weighted by Crippen LogP contribution is -2.36. The first-order valence-corrected chi connectivity index (χ1v) is 7.37. The average molecular weight is 242 g/mol. The third-order valence-electron chi connectivity index (χ3n) is 4.26. The third kappa shape index (κ3) is 5.39. The molecule has 1 aliphatic carbocycles. The first-order chi connectivity index (χ1) is 8.07. The fraction of sp³-hybridized carbons (Fsp3) is 1.00. The van der Waals surface area contributed by atoms with Gasteiger partial charge in [0.15, 0.2) is 0 Å². The lowest BCUT2D eigenvalue weighted by molar-refractivity contribution is -0.0416. The molecule has 1 fully saturated rings. The van der Waals surface area contributed by atoms with E-state index < -0.39 is 5.60 Å². The van der Waals surface area contributed by atoms with Gasteiger partial charge >= 0.3 is 0 Å². The molecule has 0 unspecified atom stereocenters. The van der Waals surface area contributed by atoms with Crippen molar-refractivity contribution in [3.8, 4) is 0 Å². The number of unbranched alkanes of at least 4 members (excludes halogenated alkanes) is 1. The molecule has 0 aromatic rings. The summed E-state index contributed by atoms with van der Waals surface area (Å²) in [6.07, 6.45) is 7.43. The molecule has 0 bridgehead atoms. The van der Waals surface area contributed by atoms with Gasteiger partial charge < -0.3 is 9.84 Å². The Morgan fingerprint density at radius 2 is 1.88 bits per heavy atom. The molecule has 0 amide bonds. The van der Waals surface area contributed by atoms with Crippen molar-refractivity contribution in [2.75, 3.05) is 13.2 Å². The van der Waals surface area contributed by atoms with Gasteiger partial charge in [0.1, 0.15) is 0 Å². The maximum atomic E-state index is 10.4. The second-order valence-corrected chi connectivity index (χ2v) is 6.02. The van der Waals surface area contributed by atoms with Crippen molar-refractivity contribution in [1.82, 2.24) is 0 Å². The van der Waals surface area contributed by atoms with E-state index in [1.807, 2.05) is 0 Å². The van der Waals surface area contributed by atoms with Crippen LogP contribution in [0.1, 0.15) is 65.7 Å². The summed E-state index contributed by atoms with van der Waals surface area (Å²) in [6.45, 7) is 8.33. The van der Waals surface area contributed by atoms with Crippen LogP contribution in [0.2, 0.25) is 0 Å². The zero-order chi connectivity index (χ0) is 12.7. The summed E-state index contributed by atoms with van der Waals surface area (Å²) in [5.41, 5.74) is -0.433. The van der Waals surface area contributed by atoms with Gasteiger partial charge in [0.05, 0.1) is 5.60 Å². The number of hydrogen-bond donors (Lipinski definition) is 1. The summed E-state index contributed by atoms with van der Waals surface area (Å²) in [5, 5.41) is 10.4. The van der Waals surface area contributed by atoms with Gasteiger partial charge in [0.2, 0.25) is 0 Å². The molecule has 1 saturated carbocycles. The standard InChI is InChI=1S/C15H30O2/c1-4-5-11-17-12-10-15(16)8-6-14(7-9-15)13(2)3/h13-14,16H,4-12H2,1-3H3. The molecule has 102 valence electrons. The molecule has 1 rings (SSSR count). The molecule has 1 aliphatic rings. The Balaban J connectivity index is 2.16. The Bertz CT molecular complexity index is 193. The van der Waals surface area contributed by atoms with Gasteiger partial charge in [-0.2, -0.15) is 0 Å². The van der Waals surface area contributed by atoms with E-state index in [0.717, 1.165) is 50.7 Å². The van der Waals surface area contributed by atoms with Gasteiger partial charge in [-0.25, -0.2) is 0 Å². The van der Waals surface area contributed by atoms with E-state index in [4.69, 9.17) is 4.74 Å². The Hall–Kier alpha value is -0.0800. The van der Waals surface area contributed by atoms with Crippen LogP contribution in [-0.4, -0.2) is 23.9 Å². The van der Waals surface area contributed by atoms with E-state index in [-0.39, 0.29) is 0 Å². The second-order valence-electron chi connectivity index (χ2n) is 6.02. The normalized spacial score (nSPS) is 29.8. The predicted molar refractivity (Wildman–Crippen MR) is 72.1 cm³/mol. The van der Waals surface area contributed by atoms with Gasteiger partial charge in [-0.1, -0.05) is 27.2 Å². The monoisotopic (exact) mass is 242 g/mol. The van der Waals surface area contributed by atoms with Crippen LogP contribution >= 0.6 is 0 Å². The van der Waals surface area contributed by atoms with Crippen molar-refractivity contribution in [3.05, 3.63) is 0 Å². The first kappa shape index (κ1) is 15.0. The number of hydrogen-bond acceptors (Lipinski definition) is 2. The summed E-state index contributed by atoms with van der Waals surface area (Å²) < 4.78 is 5.56. The van der Waals surface area contributed by atoms with E-state index in [9.17, 15) is 5.11 Å². The summed E-state index contributed by atoms with van der Waals surface area (Å²) in [7, 11) is 0. The van der Waals surface area contributed by atoms with Crippen molar-refractivity contribution >= 4 is 0 Å². The topological polar surface area (TPSA) is 29.5 Å². The minimum Gasteiger partial charge on any atom is -0.390 e. The Morgan fingerprint density at radius 3 is 2.41 bits per heavy atom. The van der Waals surface area contributed by atoms with Crippen molar-refractivity contribution < 1.29 is 9.84 Å². The molecule has 0 atom stereocenters. The third-order valence-corrected chi connectivity index (χ3v) is 4.26. The lowest BCUT2D eigenvalue weighted by Gasteiger charge is -2.37. The van der Waals surface area contributed by atoms with Crippen molar-refractivity contribution in [3.63, 3.8) is 0 Å². The minimum atomic E-state index is -0.433. The molecule has 0 aromatic carbocycles. The fourth-order valence-electron chi connectivity index (χ4n) is 2.70. The van der Waals surface area contributed by atoms with Crippen molar-refractivity contribution in [2.24, 2.45) is 11.8 Å². The zero-order valence-corrected chi connectivity index (χ0v) is 11.9. The highest BCUT2D eigenvalue weighted by Gasteiger charge is 2.33. The van der Waals surface area contributed by atoms with Crippen LogP contribution in [0.4, 0.5) is 0 Å². The van der Waals surface area contributed by atoms with Crippen LogP contribution in [0.25, 0.3) is 0 Å². The molecule has 0 spiro atoms. The summed E-state index contributed by atoms with van der Waals surface area (Å²) >= 11 is 0. The summed E-state index contributed by atoms with van der Waals surface area (Å²) in [6, 6.07) is 0. The van der Waals surface area contributed by atoms with Crippen LogP contribution in [0.3, 0.4) is 0 Å². The average Bonchev–Trinajstić information content (AvgIpc) is 2.29. The molecular formula is C15H30O2. The predicted octanol–water partition coefficient (Wildman–Crippen LogP) is 3.77. The SMILES string of the molecule is CCCCOCCC1(O)CCC(C(C)C)CC1. The van der Waals surface area contributed by atoms with Gasteiger partial charge in [0, 0.05) is 13.2 Å². The molecule has 0 radical (unpaired) electrons. The quantitative estimate of drug-likeness (QED) is 0.689. The molecule has 0 aliphatic heterocycles. The maximum Gasteiger partial charge on any atom is 0.0670 e. The largest absolute Gasteiger partial charge is 0.390 e. The second kappa shape index (κ2) is 7.38. The fourth-order valence-corrected chi connectivity index (χ4v) is 2.70. The Morgan fingerprint density at radius 1 is 1.24 bits per heavy atom. The Kier molecular flexibility index (Phi) is 6.50. The number of ether oxygens (including phenoxy) is 1. The van der Waals surface area contributed by atoms with Gasteiger partial charge in [0.25, 0.3) is 0 Å². The molecule has 17 heavy (non-hydrogen) atoms. The molecule has 1 N–H and O–H groups in total. The highest BCUT2D eigenvalue weighted by Crippen LogP contribution is 2.37. The van der Waals surface area contributed by atoms with E-state index in [2.05, 4.69) is 20.8 Å². The van der Waals surface area contributed by atoms with Crippen LogP contribution < -0.4 is 0 Å². The van der Waals surface area contributed by atoms with Crippen molar-refractivity contribution in [2.45, 2.75) is 71.3 Å². The van der Waals surface area contributed by atoms with Gasteiger partial charge in [-0.3, -0.25) is 0 Å². The van der Waals surface area contributed by atoms with Crippen LogP contribution in [0.15, 0.2) is 0 Å². The minimum absolute atomic E-state index is 0.433. The molecular weight excluding hydrogens is 212 g/mol. The van der Waals surface area contributed by atoms with Gasteiger partial charge in [-0.05, 0) is 50.4 Å². The van der Waals surface area contributed by atoms with Crippen LogP contribution in [0.5, 0.6) is 0 Å². The lowest BCUT2D eigenvalue weighted by atomic mass is 9.73. The molecule has 0 saturated heterocycles. The number of aliphatic hydroxyl groups is 1. The smallest absolute Gasteiger partial charge is 0.0670 e. The molecule has 0 heterocycles. The summed E-state index contributed by atoms with van der Waals surface area (Å²) in [4.78, 5) is 0. The molecule has 0 aromatic heterocycles. The highest BCUT2D eigenvalue weighted by atomic mass is 16.5. The van der Waals surface area contributed by atoms with Crippen molar-refractivity contribution in [1.29, 1.82) is 0 Å². The highest BCUT2D eigenvalue weighted by molar-refractivity contribution is 4.86. The number of rotatable bonds is 7. The zero-order valence-electron chi connectivity index (χ0n) is 11.9. The van der Waals surface area contributed by atoms with E-state index >= 15 is 0 Å². The van der Waals surface area contributed by atoms with Gasteiger partial charge in [-0.15, -0.1) is 0 Å². The van der Waals surface area contributed by atoms with E-state index in [0.29, 0.717) is 0 Å². The van der Waals surface area contributed by atoms with E-state index in [1.54, 1.807) is 0 Å². The van der Waals surface area contributed by atoms with Crippen LogP contribution in [0, 0.1) is 11.8 Å². The maximum absolute atomic E-state index is 10.4.